The lowest BCUT2D eigenvalue weighted by atomic mass is 9.77. The number of nitrogens with zero attached hydrogens (tertiary/aromatic N) is 4. The van der Waals surface area contributed by atoms with Gasteiger partial charge in [0.25, 0.3) is 5.91 Å². The molecule has 34 heavy (non-hydrogen) atoms. The van der Waals surface area contributed by atoms with Gasteiger partial charge in [-0.3, -0.25) is 9.69 Å². The Morgan fingerprint density at radius 3 is 2.35 bits per heavy atom. The third-order valence-corrected chi connectivity index (χ3v) is 7.05. The van der Waals surface area contributed by atoms with E-state index in [1.807, 2.05) is 83.5 Å². The predicted octanol–water partition coefficient (Wildman–Crippen LogP) is 4.43. The van der Waals surface area contributed by atoms with Crippen molar-refractivity contribution in [3.05, 3.63) is 72.4 Å². The summed E-state index contributed by atoms with van der Waals surface area (Å²) in [6, 6.07) is 19.8. The zero-order valence-corrected chi connectivity index (χ0v) is 19.8. The van der Waals surface area contributed by atoms with E-state index in [4.69, 9.17) is 5.10 Å². The average molecular weight is 458 g/mol. The smallest absolute Gasteiger partial charge is 0.323 e. The molecule has 2 aromatic carbocycles. The number of carbonyl (C=O) groups excluding carboxylic acids is 2. The van der Waals surface area contributed by atoms with Gasteiger partial charge in [0.15, 0.2) is 0 Å². The largest absolute Gasteiger partial charge is 0.326 e. The molecule has 5 rings (SSSR count). The number of hydrogen-bond donors (Lipinski definition) is 1. The molecular weight excluding hydrogens is 426 g/mol. The Labute approximate surface area is 200 Å². The fraction of sp³-hybridized carbons (Fsp3) is 0.370. The molecule has 1 aliphatic carbocycles. The van der Waals surface area contributed by atoms with Gasteiger partial charge in [-0.2, -0.15) is 5.10 Å². The maximum absolute atomic E-state index is 13.3. The van der Waals surface area contributed by atoms with Crippen molar-refractivity contribution in [1.29, 1.82) is 0 Å². The highest BCUT2D eigenvalue weighted by molar-refractivity contribution is 6.07. The third kappa shape index (κ3) is 4.23. The number of aromatic nitrogens is 2. The van der Waals surface area contributed by atoms with Crippen molar-refractivity contribution in [1.82, 2.24) is 24.9 Å². The minimum Gasteiger partial charge on any atom is -0.323 e. The van der Waals surface area contributed by atoms with Crippen LogP contribution in [-0.2, 0) is 11.3 Å². The molecule has 3 aromatic rings. The molecule has 0 atom stereocenters. The molecule has 1 N–H and O–H groups in total. The molecule has 1 spiro atoms. The summed E-state index contributed by atoms with van der Waals surface area (Å²) in [6.45, 7) is 3.00. The van der Waals surface area contributed by atoms with Gasteiger partial charge in [-0.25, -0.2) is 14.4 Å². The normalized spacial score (nSPS) is 22.6. The molecule has 0 unspecified atom stereocenters. The first kappa shape index (κ1) is 22.3. The molecule has 1 aromatic heterocycles. The van der Waals surface area contributed by atoms with Crippen LogP contribution >= 0.6 is 0 Å². The van der Waals surface area contributed by atoms with E-state index >= 15 is 0 Å². The van der Waals surface area contributed by atoms with Crippen LogP contribution in [0.5, 0.6) is 0 Å². The van der Waals surface area contributed by atoms with Gasteiger partial charge in [-0.05, 0) is 50.8 Å². The van der Waals surface area contributed by atoms with Gasteiger partial charge in [0, 0.05) is 23.9 Å². The summed E-state index contributed by atoms with van der Waals surface area (Å²) in [7, 11) is 1.93. The molecule has 2 fully saturated rings. The summed E-state index contributed by atoms with van der Waals surface area (Å²) in [5.74, 6) is 0.518. The minimum atomic E-state index is -0.710. The number of benzene rings is 2. The van der Waals surface area contributed by atoms with Crippen LogP contribution in [0, 0.1) is 5.92 Å². The van der Waals surface area contributed by atoms with Crippen molar-refractivity contribution in [3.8, 4) is 16.9 Å². The van der Waals surface area contributed by atoms with Crippen LogP contribution in [0.25, 0.3) is 16.9 Å². The highest BCUT2D eigenvalue weighted by Gasteiger charge is 2.52. The quantitative estimate of drug-likeness (QED) is 0.556. The number of para-hydroxylation sites is 1. The number of rotatable bonds is 6. The van der Waals surface area contributed by atoms with E-state index in [-0.39, 0.29) is 18.6 Å². The molecule has 1 aliphatic heterocycles. The number of amides is 3. The molecule has 1 saturated carbocycles. The lowest BCUT2D eigenvalue weighted by Crippen LogP contribution is -2.49. The minimum absolute atomic E-state index is 0.0838. The molecule has 1 saturated heterocycles. The molecule has 3 amide bonds. The fourth-order valence-corrected chi connectivity index (χ4v) is 5.06. The number of nitrogens with one attached hydrogen (secondary N) is 1. The van der Waals surface area contributed by atoms with Gasteiger partial charge >= 0.3 is 6.03 Å². The Kier molecular flexibility index (Phi) is 5.96. The van der Waals surface area contributed by atoms with Crippen molar-refractivity contribution in [2.24, 2.45) is 5.92 Å². The van der Waals surface area contributed by atoms with E-state index in [9.17, 15) is 9.59 Å². The Balaban J connectivity index is 1.36. The SMILES string of the molecule is CC1CCC2(CC1)NC(=O)N(CN(C)Cc1cn(-c3ccccc3)nc1-c1ccccc1)C2=O. The van der Waals surface area contributed by atoms with E-state index in [0.717, 1.165) is 48.2 Å². The van der Waals surface area contributed by atoms with Crippen molar-refractivity contribution in [2.45, 2.75) is 44.7 Å². The van der Waals surface area contributed by atoms with Gasteiger partial charge in [0.2, 0.25) is 0 Å². The van der Waals surface area contributed by atoms with Crippen LogP contribution in [-0.4, -0.2) is 50.8 Å². The number of urea groups is 1. The zero-order valence-electron chi connectivity index (χ0n) is 19.8. The van der Waals surface area contributed by atoms with Crippen molar-refractivity contribution in [3.63, 3.8) is 0 Å². The first-order valence-corrected chi connectivity index (χ1v) is 12.0. The lowest BCUT2D eigenvalue weighted by molar-refractivity contribution is -0.134. The second-order valence-corrected chi connectivity index (χ2v) is 9.73. The average Bonchev–Trinajstić information content (AvgIpc) is 3.37. The van der Waals surface area contributed by atoms with Crippen molar-refractivity contribution < 1.29 is 9.59 Å². The van der Waals surface area contributed by atoms with E-state index in [2.05, 4.69) is 12.2 Å². The highest BCUT2D eigenvalue weighted by Crippen LogP contribution is 2.36. The maximum Gasteiger partial charge on any atom is 0.326 e. The summed E-state index contributed by atoms with van der Waals surface area (Å²) in [6.07, 6.45) is 5.41. The van der Waals surface area contributed by atoms with Crippen molar-refractivity contribution >= 4 is 11.9 Å². The van der Waals surface area contributed by atoms with Gasteiger partial charge in [0.1, 0.15) is 5.54 Å². The third-order valence-electron chi connectivity index (χ3n) is 7.05. The van der Waals surface area contributed by atoms with Crippen LogP contribution in [0.1, 0.15) is 38.2 Å². The van der Waals surface area contributed by atoms with Gasteiger partial charge in [-0.15, -0.1) is 0 Å². The van der Waals surface area contributed by atoms with E-state index in [1.165, 1.54) is 4.90 Å². The standard InChI is InChI=1S/C27H31N5O2/c1-20-13-15-27(16-14-20)25(33)31(26(34)28-27)19-30(2)17-22-18-32(23-11-7-4-8-12-23)29-24(22)21-9-5-3-6-10-21/h3-12,18,20H,13-17,19H2,1-2H3,(H,28,34). The highest BCUT2D eigenvalue weighted by atomic mass is 16.2. The maximum atomic E-state index is 13.3. The Bertz CT molecular complexity index is 1170. The fourth-order valence-electron chi connectivity index (χ4n) is 5.06. The topological polar surface area (TPSA) is 70.5 Å². The van der Waals surface area contributed by atoms with Crippen LogP contribution < -0.4 is 5.32 Å². The molecule has 176 valence electrons. The van der Waals surface area contributed by atoms with Crippen LogP contribution in [0.15, 0.2) is 66.9 Å². The van der Waals surface area contributed by atoms with Gasteiger partial charge < -0.3 is 5.32 Å². The van der Waals surface area contributed by atoms with Crippen molar-refractivity contribution in [2.75, 3.05) is 13.7 Å². The summed E-state index contributed by atoms with van der Waals surface area (Å²) in [4.78, 5) is 29.4. The number of hydrogen-bond acceptors (Lipinski definition) is 4. The van der Waals surface area contributed by atoms with Crippen LogP contribution in [0.4, 0.5) is 4.79 Å². The second kappa shape index (κ2) is 9.06. The Morgan fingerprint density at radius 2 is 1.68 bits per heavy atom. The Hall–Kier alpha value is -3.45. The molecule has 7 nitrogen and oxygen atoms in total. The van der Waals surface area contributed by atoms with Gasteiger partial charge in [0.05, 0.1) is 18.1 Å². The van der Waals surface area contributed by atoms with Gasteiger partial charge in [-0.1, -0.05) is 55.5 Å². The van der Waals surface area contributed by atoms with Crippen LogP contribution in [0.2, 0.25) is 0 Å². The zero-order chi connectivity index (χ0) is 23.7. The summed E-state index contributed by atoms with van der Waals surface area (Å²) in [5, 5.41) is 7.89. The summed E-state index contributed by atoms with van der Waals surface area (Å²) >= 11 is 0. The van der Waals surface area contributed by atoms with E-state index in [1.54, 1.807) is 0 Å². The molecule has 2 heterocycles. The first-order valence-electron chi connectivity index (χ1n) is 12.0. The molecular formula is C27H31N5O2. The number of imide groups is 1. The molecule has 7 heteroatoms. The van der Waals surface area contributed by atoms with E-state index in [0.29, 0.717) is 12.5 Å². The monoisotopic (exact) mass is 457 g/mol. The van der Waals surface area contributed by atoms with Crippen LogP contribution in [0.3, 0.4) is 0 Å². The predicted molar refractivity (Wildman–Crippen MR) is 131 cm³/mol. The molecule has 0 bridgehead atoms. The summed E-state index contributed by atoms with van der Waals surface area (Å²) < 4.78 is 1.89. The first-order chi connectivity index (χ1) is 16.4. The number of carbonyl (C=O) groups is 2. The molecule has 2 aliphatic rings. The lowest BCUT2D eigenvalue weighted by Gasteiger charge is -2.33. The Morgan fingerprint density at radius 1 is 1.03 bits per heavy atom. The molecule has 0 radical (unpaired) electrons. The van der Waals surface area contributed by atoms with E-state index < -0.39 is 5.54 Å². The second-order valence-electron chi connectivity index (χ2n) is 9.73. The summed E-state index contributed by atoms with van der Waals surface area (Å²) in [5.41, 5.74) is 3.23.